The summed E-state index contributed by atoms with van der Waals surface area (Å²) in [5, 5.41) is 4.88. The highest BCUT2D eigenvalue weighted by molar-refractivity contribution is 7.25. The summed E-state index contributed by atoms with van der Waals surface area (Å²) < 4.78 is 2.61. The molecule has 0 unspecified atom stereocenters. The van der Waals surface area contributed by atoms with E-state index in [-0.39, 0.29) is 0 Å². The molecule has 2 nitrogen and oxygen atoms in total. The molecule has 3 heteroatoms. The Labute approximate surface area is 312 Å². The van der Waals surface area contributed by atoms with Gasteiger partial charge in [-0.1, -0.05) is 152 Å². The third kappa shape index (κ3) is 5.87. The Hall–Kier alpha value is -6.68. The molecule has 53 heavy (non-hydrogen) atoms. The highest BCUT2D eigenvalue weighted by atomic mass is 32.1. The molecule has 10 rings (SSSR count). The molecule has 0 bridgehead atoms. The van der Waals surface area contributed by atoms with E-state index in [1.807, 2.05) is 11.3 Å². The minimum absolute atomic E-state index is 0.708. The molecule has 2 heterocycles. The fraction of sp³-hybridized carbons (Fsp3) is 0. The fourth-order valence-corrected chi connectivity index (χ4v) is 8.48. The Bertz CT molecular complexity index is 2920. The maximum Gasteiger partial charge on any atom is 0.161 e. The van der Waals surface area contributed by atoms with Crippen LogP contribution in [-0.4, -0.2) is 9.97 Å². The maximum atomic E-state index is 5.36. The van der Waals surface area contributed by atoms with Crippen molar-refractivity contribution in [3.8, 4) is 67.3 Å². The van der Waals surface area contributed by atoms with E-state index in [0.717, 1.165) is 55.5 Å². The van der Waals surface area contributed by atoms with Crippen LogP contribution in [0.5, 0.6) is 0 Å². The van der Waals surface area contributed by atoms with Gasteiger partial charge in [0.05, 0.1) is 11.4 Å². The lowest BCUT2D eigenvalue weighted by atomic mass is 9.93. The van der Waals surface area contributed by atoms with Crippen LogP contribution in [0.1, 0.15) is 0 Å². The van der Waals surface area contributed by atoms with Gasteiger partial charge in [0.1, 0.15) is 0 Å². The second kappa shape index (κ2) is 13.1. The van der Waals surface area contributed by atoms with E-state index in [9.17, 15) is 0 Å². The normalized spacial score (nSPS) is 11.4. The van der Waals surface area contributed by atoms with E-state index in [1.54, 1.807) is 0 Å². The Morgan fingerprint density at radius 1 is 0.302 bits per heavy atom. The fourth-order valence-electron chi connectivity index (χ4n) is 7.39. The quantitative estimate of drug-likeness (QED) is 0.173. The van der Waals surface area contributed by atoms with Crippen molar-refractivity contribution >= 4 is 42.3 Å². The smallest absolute Gasteiger partial charge is 0.161 e. The SMILES string of the molecule is c1ccc(-c2ccc(-c3cc(-c4cc(-c5ccccc5)cc(-c5ccc6sc7ccccc7c6c5)c4)nc(-c4cccc5ccccc45)n3)cc2)cc1. The van der Waals surface area contributed by atoms with E-state index in [1.165, 1.54) is 36.9 Å². The van der Waals surface area contributed by atoms with Crippen LogP contribution in [0.25, 0.3) is 98.2 Å². The van der Waals surface area contributed by atoms with Gasteiger partial charge in [0, 0.05) is 36.9 Å². The molecule has 0 N–H and O–H groups in total. The molecule has 0 aliphatic heterocycles. The van der Waals surface area contributed by atoms with Crippen molar-refractivity contribution in [1.82, 2.24) is 9.97 Å². The molecular formula is C50H32N2S. The molecule has 0 aliphatic carbocycles. The van der Waals surface area contributed by atoms with Gasteiger partial charge in [-0.3, -0.25) is 0 Å². The summed E-state index contributed by atoms with van der Waals surface area (Å²) in [6, 6.07) is 69.3. The van der Waals surface area contributed by atoms with Crippen LogP contribution in [0.4, 0.5) is 0 Å². The largest absolute Gasteiger partial charge is 0.228 e. The first-order valence-electron chi connectivity index (χ1n) is 17.9. The van der Waals surface area contributed by atoms with Gasteiger partial charge in [0.25, 0.3) is 0 Å². The van der Waals surface area contributed by atoms with Gasteiger partial charge in [-0.25, -0.2) is 9.97 Å². The Morgan fingerprint density at radius 2 is 0.830 bits per heavy atom. The topological polar surface area (TPSA) is 25.8 Å². The Morgan fingerprint density at radius 3 is 1.60 bits per heavy atom. The van der Waals surface area contributed by atoms with Gasteiger partial charge < -0.3 is 0 Å². The first kappa shape index (κ1) is 31.1. The first-order valence-corrected chi connectivity index (χ1v) is 18.7. The van der Waals surface area contributed by atoms with E-state index in [0.29, 0.717) is 5.82 Å². The average Bonchev–Trinajstić information content (AvgIpc) is 3.62. The number of nitrogens with zero attached hydrogens (tertiary/aromatic N) is 2. The monoisotopic (exact) mass is 692 g/mol. The highest BCUT2D eigenvalue weighted by Gasteiger charge is 2.16. The maximum absolute atomic E-state index is 5.36. The zero-order valence-corrected chi connectivity index (χ0v) is 29.6. The van der Waals surface area contributed by atoms with Gasteiger partial charge in [-0.2, -0.15) is 0 Å². The summed E-state index contributed by atoms with van der Waals surface area (Å²) in [7, 11) is 0. The molecule has 0 saturated carbocycles. The van der Waals surface area contributed by atoms with Crippen molar-refractivity contribution < 1.29 is 0 Å². The molecular weight excluding hydrogens is 661 g/mol. The molecule has 0 aliphatic rings. The van der Waals surface area contributed by atoms with Crippen molar-refractivity contribution in [2.45, 2.75) is 0 Å². The second-order valence-electron chi connectivity index (χ2n) is 13.4. The Balaban J connectivity index is 1.18. The highest BCUT2D eigenvalue weighted by Crippen LogP contribution is 2.39. The molecule has 0 saturated heterocycles. The lowest BCUT2D eigenvalue weighted by molar-refractivity contribution is 1.19. The minimum atomic E-state index is 0.708. The summed E-state index contributed by atoms with van der Waals surface area (Å²) in [4.78, 5) is 10.6. The second-order valence-corrected chi connectivity index (χ2v) is 14.5. The van der Waals surface area contributed by atoms with Crippen molar-refractivity contribution in [2.24, 2.45) is 0 Å². The zero-order chi connectivity index (χ0) is 35.1. The van der Waals surface area contributed by atoms with Gasteiger partial charge >= 0.3 is 0 Å². The molecule has 0 spiro atoms. The number of fused-ring (bicyclic) bond motifs is 4. The molecule has 8 aromatic carbocycles. The summed E-state index contributed by atoms with van der Waals surface area (Å²) >= 11 is 1.85. The zero-order valence-electron chi connectivity index (χ0n) is 28.8. The Kier molecular flexibility index (Phi) is 7.71. The van der Waals surface area contributed by atoms with Gasteiger partial charge in [0.2, 0.25) is 0 Å². The van der Waals surface area contributed by atoms with Crippen molar-refractivity contribution in [3.05, 3.63) is 194 Å². The summed E-state index contributed by atoms with van der Waals surface area (Å²) in [6.07, 6.45) is 0. The van der Waals surface area contributed by atoms with E-state index >= 15 is 0 Å². The number of hydrogen-bond donors (Lipinski definition) is 0. The summed E-state index contributed by atoms with van der Waals surface area (Å²) in [5.41, 5.74) is 11.9. The molecule has 2 aromatic heterocycles. The van der Waals surface area contributed by atoms with Crippen molar-refractivity contribution in [3.63, 3.8) is 0 Å². The molecule has 0 fully saturated rings. The lowest BCUT2D eigenvalue weighted by Gasteiger charge is -2.14. The van der Waals surface area contributed by atoms with E-state index in [2.05, 4.69) is 194 Å². The summed E-state index contributed by atoms with van der Waals surface area (Å²) in [6.45, 7) is 0. The van der Waals surface area contributed by atoms with Crippen LogP contribution >= 0.6 is 11.3 Å². The number of hydrogen-bond acceptors (Lipinski definition) is 3. The summed E-state index contributed by atoms with van der Waals surface area (Å²) in [5.74, 6) is 0.708. The molecule has 248 valence electrons. The minimum Gasteiger partial charge on any atom is -0.228 e. The van der Waals surface area contributed by atoms with Gasteiger partial charge in [0.15, 0.2) is 5.82 Å². The first-order chi connectivity index (χ1) is 26.2. The third-order valence-corrected chi connectivity index (χ3v) is 11.2. The van der Waals surface area contributed by atoms with Crippen molar-refractivity contribution in [2.75, 3.05) is 0 Å². The van der Waals surface area contributed by atoms with Crippen LogP contribution in [0.3, 0.4) is 0 Å². The lowest BCUT2D eigenvalue weighted by Crippen LogP contribution is -1.97. The van der Waals surface area contributed by atoms with Gasteiger partial charge in [-0.05, 0) is 86.6 Å². The van der Waals surface area contributed by atoms with Crippen LogP contribution in [0, 0.1) is 0 Å². The van der Waals surface area contributed by atoms with Crippen LogP contribution < -0.4 is 0 Å². The molecule has 10 aromatic rings. The van der Waals surface area contributed by atoms with Crippen molar-refractivity contribution in [1.29, 1.82) is 0 Å². The van der Waals surface area contributed by atoms with Crippen LogP contribution in [-0.2, 0) is 0 Å². The van der Waals surface area contributed by atoms with Crippen LogP contribution in [0.15, 0.2) is 194 Å². The van der Waals surface area contributed by atoms with Crippen LogP contribution in [0.2, 0.25) is 0 Å². The average molecular weight is 693 g/mol. The predicted molar refractivity (Wildman–Crippen MR) is 225 cm³/mol. The van der Waals surface area contributed by atoms with Gasteiger partial charge in [-0.15, -0.1) is 11.3 Å². The number of aromatic nitrogens is 2. The predicted octanol–water partition coefficient (Wildman–Crippen LogP) is 14.0. The number of benzene rings is 8. The molecule has 0 atom stereocenters. The number of rotatable bonds is 6. The standard InChI is InChI=1S/C50H32N2S/c1-3-12-33(13-4-1)35-22-24-37(25-23-35)46-32-47(52-50(51-46)44-20-11-17-36-16-7-8-18-42(36)44)41-29-39(34-14-5-2-6-15-34)28-40(30-41)38-26-27-49-45(31-38)43-19-9-10-21-48(43)53-49/h1-32H. The number of thiophene rings is 1. The van der Waals surface area contributed by atoms with E-state index < -0.39 is 0 Å². The van der Waals surface area contributed by atoms with E-state index in [4.69, 9.17) is 9.97 Å². The molecule has 0 radical (unpaired) electrons. The third-order valence-electron chi connectivity index (χ3n) is 10.1. The molecule has 0 amide bonds.